The number of likely N-dealkylation sites (N-methyl/N-ethyl adjacent to an activating group) is 1. The van der Waals surface area contributed by atoms with Crippen molar-refractivity contribution >= 4 is 27.5 Å². The molecule has 0 radical (unpaired) electrons. The highest BCUT2D eigenvalue weighted by Crippen LogP contribution is 2.33. The van der Waals surface area contributed by atoms with E-state index in [9.17, 15) is 35.6 Å². The van der Waals surface area contributed by atoms with Gasteiger partial charge in [-0.05, 0) is 48.9 Å². The largest absolute Gasteiger partial charge is 0.416 e. The normalized spacial score (nSPS) is 12.3. The number of carbonyl (C=O) groups is 2. The van der Waals surface area contributed by atoms with Gasteiger partial charge in [-0.25, -0.2) is 12.8 Å². The van der Waals surface area contributed by atoms with Crippen molar-refractivity contribution in [3.8, 4) is 0 Å². The maximum Gasteiger partial charge on any atom is 0.416 e. The van der Waals surface area contributed by atoms with Crippen LogP contribution in [0.1, 0.15) is 22.3 Å². The van der Waals surface area contributed by atoms with Crippen LogP contribution in [0.4, 0.5) is 23.2 Å². The monoisotopic (exact) mass is 641 g/mol. The second-order valence-electron chi connectivity index (χ2n) is 10.3. The van der Waals surface area contributed by atoms with Crippen molar-refractivity contribution in [2.75, 3.05) is 17.9 Å². The third-order valence-electron chi connectivity index (χ3n) is 7.17. The molecule has 1 atom stereocenters. The van der Waals surface area contributed by atoms with Crippen LogP contribution in [-0.2, 0) is 38.8 Å². The molecule has 0 aliphatic heterocycles. The summed E-state index contributed by atoms with van der Waals surface area (Å²) in [6.07, 6.45) is -4.80. The number of amides is 2. The van der Waals surface area contributed by atoms with Crippen molar-refractivity contribution in [3.63, 3.8) is 0 Å². The lowest BCUT2D eigenvalue weighted by Gasteiger charge is -2.33. The number of hydrogen-bond donors (Lipinski definition) is 1. The Labute approximate surface area is 259 Å². The van der Waals surface area contributed by atoms with Gasteiger partial charge in [-0.15, -0.1) is 0 Å². The summed E-state index contributed by atoms with van der Waals surface area (Å²) in [4.78, 5) is 28.2. The number of nitrogens with one attached hydrogen (secondary N) is 1. The summed E-state index contributed by atoms with van der Waals surface area (Å²) in [7, 11) is -3.25. The molecule has 7 nitrogen and oxygen atoms in total. The number of nitrogens with zero attached hydrogens (tertiary/aromatic N) is 2. The van der Waals surface area contributed by atoms with Crippen molar-refractivity contribution in [3.05, 3.63) is 131 Å². The molecular formula is C33H31F4N3O4S. The van der Waals surface area contributed by atoms with Crippen LogP contribution in [0, 0.1) is 12.7 Å². The Bertz CT molecular complexity index is 1750. The topological polar surface area (TPSA) is 86.8 Å². The number of alkyl halides is 3. The lowest BCUT2D eigenvalue weighted by molar-refractivity contribution is -0.139. The van der Waals surface area contributed by atoms with Gasteiger partial charge >= 0.3 is 6.18 Å². The van der Waals surface area contributed by atoms with Crippen LogP contribution in [0.3, 0.4) is 0 Å². The van der Waals surface area contributed by atoms with Gasteiger partial charge in [0.1, 0.15) is 18.4 Å². The third kappa shape index (κ3) is 8.07. The molecule has 2 amide bonds. The Kier molecular flexibility index (Phi) is 10.3. The van der Waals surface area contributed by atoms with Crippen molar-refractivity contribution < 1.29 is 35.6 Å². The first-order valence-electron chi connectivity index (χ1n) is 13.9. The summed E-state index contributed by atoms with van der Waals surface area (Å²) >= 11 is 0. The Morgan fingerprint density at radius 1 is 0.867 bits per heavy atom. The molecule has 45 heavy (non-hydrogen) atoms. The minimum Gasteiger partial charge on any atom is -0.357 e. The van der Waals surface area contributed by atoms with E-state index in [2.05, 4.69) is 5.32 Å². The van der Waals surface area contributed by atoms with E-state index < -0.39 is 64.2 Å². The molecule has 0 heterocycles. The van der Waals surface area contributed by atoms with Crippen LogP contribution in [0.2, 0.25) is 0 Å². The van der Waals surface area contributed by atoms with Crippen LogP contribution < -0.4 is 9.62 Å². The first-order valence-corrected chi connectivity index (χ1v) is 15.3. The summed E-state index contributed by atoms with van der Waals surface area (Å²) in [6.45, 7) is 0.336. The van der Waals surface area contributed by atoms with Gasteiger partial charge < -0.3 is 10.2 Å². The van der Waals surface area contributed by atoms with E-state index in [1.54, 1.807) is 43.3 Å². The number of hydrogen-bond acceptors (Lipinski definition) is 4. The maximum absolute atomic E-state index is 14.9. The third-order valence-corrected chi connectivity index (χ3v) is 8.95. The molecule has 0 fully saturated rings. The Morgan fingerprint density at radius 3 is 2.13 bits per heavy atom. The van der Waals surface area contributed by atoms with Gasteiger partial charge in [0.2, 0.25) is 11.8 Å². The molecule has 0 aromatic heterocycles. The zero-order valence-electron chi connectivity index (χ0n) is 24.5. The van der Waals surface area contributed by atoms with E-state index in [4.69, 9.17) is 0 Å². The summed E-state index contributed by atoms with van der Waals surface area (Å²) in [5.74, 6) is -2.20. The molecule has 4 rings (SSSR count). The zero-order chi connectivity index (χ0) is 32.8. The predicted octanol–water partition coefficient (Wildman–Crippen LogP) is 5.73. The molecule has 4 aromatic carbocycles. The van der Waals surface area contributed by atoms with Gasteiger partial charge in [-0.3, -0.25) is 13.9 Å². The van der Waals surface area contributed by atoms with Gasteiger partial charge in [0.15, 0.2) is 0 Å². The Balaban J connectivity index is 1.84. The lowest BCUT2D eigenvalue weighted by Crippen LogP contribution is -2.53. The number of rotatable bonds is 11. The minimum absolute atomic E-state index is 0.00498. The highest BCUT2D eigenvalue weighted by Gasteiger charge is 2.36. The molecule has 0 aliphatic rings. The quantitative estimate of drug-likeness (QED) is 0.212. The first kappa shape index (κ1) is 33.2. The summed E-state index contributed by atoms with van der Waals surface area (Å²) < 4.78 is 84.4. The molecule has 0 spiro atoms. The van der Waals surface area contributed by atoms with Crippen molar-refractivity contribution in [1.82, 2.24) is 10.2 Å². The van der Waals surface area contributed by atoms with Gasteiger partial charge in [-0.2, -0.15) is 13.2 Å². The molecule has 1 N–H and O–H groups in total. The zero-order valence-corrected chi connectivity index (χ0v) is 25.3. The number of aryl methyl sites for hydroxylation is 1. The molecule has 236 valence electrons. The molecule has 12 heteroatoms. The van der Waals surface area contributed by atoms with Crippen LogP contribution in [0.15, 0.2) is 108 Å². The van der Waals surface area contributed by atoms with Gasteiger partial charge in [0, 0.05) is 25.6 Å². The summed E-state index contributed by atoms with van der Waals surface area (Å²) in [5, 5.41) is 2.51. The van der Waals surface area contributed by atoms with Gasteiger partial charge in [0.25, 0.3) is 10.0 Å². The van der Waals surface area contributed by atoms with E-state index in [1.165, 1.54) is 49.5 Å². The van der Waals surface area contributed by atoms with Crippen molar-refractivity contribution in [1.29, 1.82) is 0 Å². The number of carbonyl (C=O) groups excluding carboxylic acids is 2. The standard InChI is InChI=1S/C33H31F4N3O4S/c1-23-15-17-28(18-16-23)45(43,44)40(27-13-8-12-26(20-27)33(35,36)37)22-31(41)39(21-25-11-6-7-14-29(25)34)30(32(42)38-2)19-24-9-4-3-5-10-24/h3-18,20,30H,19,21-22H2,1-2H3,(H,38,42). The van der Waals surface area contributed by atoms with E-state index >= 15 is 0 Å². The minimum atomic E-state index is -4.80. The van der Waals surface area contributed by atoms with E-state index in [1.807, 2.05) is 0 Å². The highest BCUT2D eigenvalue weighted by molar-refractivity contribution is 7.92. The maximum atomic E-state index is 14.9. The van der Waals surface area contributed by atoms with Crippen LogP contribution in [0.5, 0.6) is 0 Å². The van der Waals surface area contributed by atoms with Crippen molar-refractivity contribution in [2.45, 2.75) is 37.0 Å². The van der Waals surface area contributed by atoms with E-state index in [0.717, 1.165) is 28.7 Å². The average molecular weight is 642 g/mol. The number of sulfonamides is 1. The summed E-state index contributed by atoms with van der Waals surface area (Å²) in [6, 6.07) is 22.3. The average Bonchev–Trinajstić information content (AvgIpc) is 3.02. The second kappa shape index (κ2) is 13.9. The summed E-state index contributed by atoms with van der Waals surface area (Å²) in [5.41, 5.74) is -0.0727. The van der Waals surface area contributed by atoms with Crippen LogP contribution >= 0.6 is 0 Å². The first-order chi connectivity index (χ1) is 21.3. The fourth-order valence-corrected chi connectivity index (χ4v) is 6.14. The second-order valence-corrected chi connectivity index (χ2v) is 12.2. The molecule has 0 saturated heterocycles. The highest BCUT2D eigenvalue weighted by atomic mass is 32.2. The SMILES string of the molecule is CNC(=O)C(Cc1ccccc1)N(Cc1ccccc1F)C(=O)CN(c1cccc(C(F)(F)F)c1)S(=O)(=O)c1ccc(C)cc1. The smallest absolute Gasteiger partial charge is 0.357 e. The van der Waals surface area contributed by atoms with E-state index in [0.29, 0.717) is 15.9 Å². The van der Waals surface area contributed by atoms with Crippen molar-refractivity contribution in [2.24, 2.45) is 0 Å². The van der Waals surface area contributed by atoms with Gasteiger partial charge in [0.05, 0.1) is 16.1 Å². The van der Waals surface area contributed by atoms with E-state index in [-0.39, 0.29) is 16.9 Å². The predicted molar refractivity (Wildman–Crippen MR) is 162 cm³/mol. The molecule has 4 aromatic rings. The Morgan fingerprint density at radius 2 is 1.51 bits per heavy atom. The fourth-order valence-electron chi connectivity index (χ4n) is 4.73. The molecular weight excluding hydrogens is 610 g/mol. The Hall–Kier alpha value is -4.71. The van der Waals surface area contributed by atoms with Gasteiger partial charge in [-0.1, -0.05) is 72.3 Å². The molecule has 0 aliphatic carbocycles. The molecule has 1 unspecified atom stereocenters. The number of halogens is 4. The fraction of sp³-hybridized carbons (Fsp3) is 0.212. The number of benzene rings is 4. The number of anilines is 1. The molecule has 0 bridgehead atoms. The van der Waals surface area contributed by atoms with Crippen LogP contribution in [0.25, 0.3) is 0 Å². The molecule has 0 saturated carbocycles. The lowest BCUT2D eigenvalue weighted by atomic mass is 10.0. The van der Waals surface area contributed by atoms with Crippen LogP contribution in [-0.4, -0.2) is 44.8 Å².